The lowest BCUT2D eigenvalue weighted by molar-refractivity contribution is 0.586. The fourth-order valence-corrected chi connectivity index (χ4v) is 2.17. The van der Waals surface area contributed by atoms with Gasteiger partial charge in [0.15, 0.2) is 0 Å². The van der Waals surface area contributed by atoms with Gasteiger partial charge < -0.3 is 0 Å². The summed E-state index contributed by atoms with van der Waals surface area (Å²) >= 11 is 0. The van der Waals surface area contributed by atoms with Crippen molar-refractivity contribution in [2.75, 3.05) is 0 Å². The molecular formula is C16H21N. The standard InChI is InChI=1S/C16H21N/c1-12-5-6-14(15(2,3)4)9-13(12)10-16(11-17)7-8-16/h5-6,9H,7-8,10H2,1-4H3. The summed E-state index contributed by atoms with van der Waals surface area (Å²) < 4.78 is 0. The Morgan fingerprint density at radius 2 is 1.94 bits per heavy atom. The van der Waals surface area contributed by atoms with E-state index < -0.39 is 0 Å². The van der Waals surface area contributed by atoms with Crippen molar-refractivity contribution in [3.8, 4) is 6.07 Å². The van der Waals surface area contributed by atoms with Gasteiger partial charge in [-0.25, -0.2) is 0 Å². The van der Waals surface area contributed by atoms with Crippen LogP contribution in [0.4, 0.5) is 0 Å². The smallest absolute Gasteiger partial charge is 0.0693 e. The Labute approximate surface area is 104 Å². The van der Waals surface area contributed by atoms with Crippen LogP contribution in [0.1, 0.15) is 50.3 Å². The third-order valence-corrected chi connectivity index (χ3v) is 3.83. The highest BCUT2D eigenvalue weighted by atomic mass is 14.5. The van der Waals surface area contributed by atoms with Crippen LogP contribution in [-0.2, 0) is 11.8 Å². The van der Waals surface area contributed by atoms with Crippen LogP contribution in [0.3, 0.4) is 0 Å². The van der Waals surface area contributed by atoms with Crippen LogP contribution in [0, 0.1) is 23.7 Å². The number of hydrogen-bond acceptors (Lipinski definition) is 1. The first-order valence-electron chi connectivity index (χ1n) is 6.38. The van der Waals surface area contributed by atoms with Crippen LogP contribution < -0.4 is 0 Å². The Balaban J connectivity index is 2.31. The van der Waals surface area contributed by atoms with E-state index >= 15 is 0 Å². The minimum absolute atomic E-state index is 0.0404. The van der Waals surface area contributed by atoms with Gasteiger partial charge in [-0.05, 0) is 48.3 Å². The topological polar surface area (TPSA) is 23.8 Å². The van der Waals surface area contributed by atoms with Gasteiger partial charge in [0.1, 0.15) is 0 Å². The molecular weight excluding hydrogens is 206 g/mol. The summed E-state index contributed by atoms with van der Waals surface area (Å²) in [6.45, 7) is 8.85. The number of rotatable bonds is 2. The zero-order valence-electron chi connectivity index (χ0n) is 11.3. The summed E-state index contributed by atoms with van der Waals surface area (Å²) in [5.74, 6) is 0. The van der Waals surface area contributed by atoms with Crippen LogP contribution in [0.2, 0.25) is 0 Å². The van der Waals surface area contributed by atoms with E-state index in [0.29, 0.717) is 0 Å². The molecule has 90 valence electrons. The maximum Gasteiger partial charge on any atom is 0.0693 e. The molecule has 1 saturated carbocycles. The summed E-state index contributed by atoms with van der Waals surface area (Å²) in [6, 6.07) is 9.20. The molecule has 0 atom stereocenters. The van der Waals surface area contributed by atoms with E-state index in [1.54, 1.807) is 0 Å². The predicted octanol–water partition coefficient (Wildman–Crippen LogP) is 4.14. The largest absolute Gasteiger partial charge is 0.198 e. The van der Waals surface area contributed by atoms with E-state index in [9.17, 15) is 5.26 Å². The Hall–Kier alpha value is -1.29. The predicted molar refractivity (Wildman–Crippen MR) is 70.9 cm³/mol. The number of hydrogen-bond donors (Lipinski definition) is 0. The van der Waals surface area contributed by atoms with Gasteiger partial charge >= 0.3 is 0 Å². The van der Waals surface area contributed by atoms with Crippen LogP contribution in [0.25, 0.3) is 0 Å². The Morgan fingerprint density at radius 3 is 2.41 bits per heavy atom. The van der Waals surface area contributed by atoms with Crippen molar-refractivity contribution in [1.82, 2.24) is 0 Å². The third-order valence-electron chi connectivity index (χ3n) is 3.83. The van der Waals surface area contributed by atoms with E-state index in [-0.39, 0.29) is 10.8 Å². The molecule has 0 saturated heterocycles. The average Bonchev–Trinajstić information content (AvgIpc) is 3.00. The lowest BCUT2D eigenvalue weighted by atomic mass is 9.83. The highest BCUT2D eigenvalue weighted by molar-refractivity contribution is 5.36. The molecule has 0 aliphatic heterocycles. The van der Waals surface area contributed by atoms with Crippen LogP contribution >= 0.6 is 0 Å². The first-order valence-corrected chi connectivity index (χ1v) is 6.38. The number of nitrogens with zero attached hydrogens (tertiary/aromatic N) is 1. The molecule has 0 spiro atoms. The maximum absolute atomic E-state index is 9.19. The van der Waals surface area contributed by atoms with Gasteiger partial charge in [0.2, 0.25) is 0 Å². The molecule has 1 aromatic carbocycles. The normalized spacial score (nSPS) is 17.6. The zero-order valence-corrected chi connectivity index (χ0v) is 11.3. The minimum Gasteiger partial charge on any atom is -0.198 e. The van der Waals surface area contributed by atoms with Crippen LogP contribution in [0.5, 0.6) is 0 Å². The quantitative estimate of drug-likeness (QED) is 0.745. The van der Waals surface area contributed by atoms with Gasteiger partial charge in [-0.2, -0.15) is 5.26 Å². The number of aryl methyl sites for hydroxylation is 1. The molecule has 0 bridgehead atoms. The number of nitriles is 1. The van der Waals surface area contributed by atoms with E-state index in [4.69, 9.17) is 0 Å². The van der Waals surface area contributed by atoms with Gasteiger partial charge in [-0.3, -0.25) is 0 Å². The molecule has 2 rings (SSSR count). The highest BCUT2D eigenvalue weighted by Gasteiger charge is 2.43. The van der Waals surface area contributed by atoms with Crippen molar-refractivity contribution in [2.24, 2.45) is 5.41 Å². The second kappa shape index (κ2) is 3.88. The Morgan fingerprint density at radius 1 is 1.29 bits per heavy atom. The molecule has 1 nitrogen and oxygen atoms in total. The summed E-state index contributed by atoms with van der Waals surface area (Å²) in [4.78, 5) is 0. The molecule has 0 heterocycles. The highest BCUT2D eigenvalue weighted by Crippen LogP contribution is 2.48. The molecule has 0 aromatic heterocycles. The SMILES string of the molecule is Cc1ccc(C(C)(C)C)cc1CC1(C#N)CC1. The summed E-state index contributed by atoms with van der Waals surface area (Å²) in [6.07, 6.45) is 3.07. The van der Waals surface area contributed by atoms with Crippen molar-refractivity contribution >= 4 is 0 Å². The Bertz CT molecular complexity index is 467. The second-order valence-corrected chi connectivity index (χ2v) is 6.46. The lowest BCUT2D eigenvalue weighted by Gasteiger charge is -2.21. The number of benzene rings is 1. The first kappa shape index (κ1) is 12.2. The molecule has 1 heteroatoms. The Kier molecular flexibility index (Phi) is 2.78. The minimum atomic E-state index is -0.0404. The van der Waals surface area contributed by atoms with E-state index in [1.165, 1.54) is 16.7 Å². The summed E-state index contributed by atoms with van der Waals surface area (Å²) in [5, 5.41) is 9.19. The van der Waals surface area contributed by atoms with Crippen LogP contribution in [-0.4, -0.2) is 0 Å². The van der Waals surface area contributed by atoms with Gasteiger partial charge in [0, 0.05) is 0 Å². The van der Waals surface area contributed by atoms with E-state index in [0.717, 1.165) is 19.3 Å². The maximum atomic E-state index is 9.19. The third kappa shape index (κ3) is 2.52. The molecule has 1 aliphatic carbocycles. The van der Waals surface area contributed by atoms with E-state index in [2.05, 4.69) is 52.0 Å². The second-order valence-electron chi connectivity index (χ2n) is 6.46. The van der Waals surface area contributed by atoms with Gasteiger partial charge in [-0.15, -0.1) is 0 Å². The average molecular weight is 227 g/mol. The van der Waals surface area contributed by atoms with Crippen molar-refractivity contribution in [2.45, 2.75) is 52.4 Å². The fraction of sp³-hybridized carbons (Fsp3) is 0.562. The van der Waals surface area contributed by atoms with Crippen molar-refractivity contribution in [3.05, 3.63) is 34.9 Å². The van der Waals surface area contributed by atoms with Crippen molar-refractivity contribution < 1.29 is 0 Å². The molecule has 1 aliphatic rings. The van der Waals surface area contributed by atoms with Crippen LogP contribution in [0.15, 0.2) is 18.2 Å². The zero-order chi connectivity index (χ0) is 12.7. The van der Waals surface area contributed by atoms with Gasteiger partial charge in [0.25, 0.3) is 0 Å². The molecule has 17 heavy (non-hydrogen) atoms. The van der Waals surface area contributed by atoms with Gasteiger partial charge in [0.05, 0.1) is 11.5 Å². The molecule has 1 aromatic rings. The molecule has 0 unspecified atom stereocenters. The fourth-order valence-electron chi connectivity index (χ4n) is 2.17. The van der Waals surface area contributed by atoms with Gasteiger partial charge in [-0.1, -0.05) is 39.0 Å². The van der Waals surface area contributed by atoms with Crippen molar-refractivity contribution in [3.63, 3.8) is 0 Å². The summed E-state index contributed by atoms with van der Waals surface area (Å²) in [7, 11) is 0. The molecule has 0 N–H and O–H groups in total. The molecule has 0 radical (unpaired) electrons. The molecule has 1 fully saturated rings. The van der Waals surface area contributed by atoms with Crippen molar-refractivity contribution in [1.29, 1.82) is 5.26 Å². The summed E-state index contributed by atoms with van der Waals surface area (Å²) in [5.41, 5.74) is 4.19. The lowest BCUT2D eigenvalue weighted by Crippen LogP contribution is -2.13. The first-order chi connectivity index (χ1) is 7.86. The monoisotopic (exact) mass is 227 g/mol. The van der Waals surface area contributed by atoms with E-state index in [1.807, 2.05) is 0 Å². The molecule has 0 amide bonds.